The molecule has 0 unspecified atom stereocenters. The molecule has 1 aliphatic heterocycles. The maximum absolute atomic E-state index is 12.7. The Balaban J connectivity index is 2.08. The zero-order valence-electron chi connectivity index (χ0n) is 14.5. The van der Waals surface area contributed by atoms with Crippen LogP contribution >= 0.6 is 0 Å². The Morgan fingerprint density at radius 2 is 1.88 bits per heavy atom. The first-order chi connectivity index (χ1) is 11.9. The van der Waals surface area contributed by atoms with Crippen molar-refractivity contribution in [1.82, 2.24) is 4.98 Å². The summed E-state index contributed by atoms with van der Waals surface area (Å²) in [6, 6.07) is 1.76. The molecule has 1 saturated heterocycles. The Kier molecular flexibility index (Phi) is 5.96. The van der Waals surface area contributed by atoms with Crippen molar-refractivity contribution in [2.24, 2.45) is 5.92 Å². The Labute approximate surface area is 150 Å². The molecule has 1 N–H and O–H groups in total. The van der Waals surface area contributed by atoms with Crippen molar-refractivity contribution in [2.75, 3.05) is 24.3 Å². The van der Waals surface area contributed by atoms with Crippen LogP contribution in [-0.4, -0.2) is 43.0 Å². The summed E-state index contributed by atoms with van der Waals surface area (Å²) in [4.78, 5) is 16.0. The molecule has 1 amide bonds. The van der Waals surface area contributed by atoms with E-state index in [1.165, 1.54) is 13.8 Å². The fraction of sp³-hybridized carbons (Fsp3) is 0.625. The largest absolute Gasteiger partial charge is 0.417 e. The van der Waals surface area contributed by atoms with Gasteiger partial charge in [-0.1, -0.05) is 0 Å². The first-order valence-electron chi connectivity index (χ1n) is 8.08. The number of carbonyl (C=O) groups is 1. The fourth-order valence-electron chi connectivity index (χ4n) is 2.48. The van der Waals surface area contributed by atoms with E-state index in [2.05, 4.69) is 10.3 Å². The van der Waals surface area contributed by atoms with Crippen LogP contribution in [0, 0.1) is 5.92 Å². The Hall–Kier alpha value is -1.68. The molecule has 1 aromatic heterocycles. The quantitative estimate of drug-likeness (QED) is 0.830. The summed E-state index contributed by atoms with van der Waals surface area (Å²) in [5, 5.41) is 2.28. The lowest BCUT2D eigenvalue weighted by Crippen LogP contribution is -2.47. The van der Waals surface area contributed by atoms with Gasteiger partial charge < -0.3 is 10.1 Å². The molecule has 1 aromatic rings. The molecule has 0 aliphatic carbocycles. The van der Waals surface area contributed by atoms with E-state index in [0.717, 1.165) is 12.1 Å². The summed E-state index contributed by atoms with van der Waals surface area (Å²) in [7, 11) is -3.79. The van der Waals surface area contributed by atoms with Gasteiger partial charge >= 0.3 is 6.18 Å². The second-order valence-corrected chi connectivity index (χ2v) is 9.31. The van der Waals surface area contributed by atoms with Crippen molar-refractivity contribution < 1.29 is 31.1 Å². The van der Waals surface area contributed by atoms with Crippen LogP contribution in [0.15, 0.2) is 18.3 Å². The highest BCUT2D eigenvalue weighted by atomic mass is 32.2. The average Bonchev–Trinajstić information content (AvgIpc) is 2.54. The molecule has 0 saturated carbocycles. The van der Waals surface area contributed by atoms with Gasteiger partial charge in [-0.05, 0) is 44.7 Å². The number of anilines is 1. The number of hydrogen-bond acceptors (Lipinski definition) is 5. The monoisotopic (exact) mass is 394 g/mol. The van der Waals surface area contributed by atoms with Gasteiger partial charge in [-0.25, -0.2) is 13.4 Å². The molecule has 2 rings (SSSR count). The van der Waals surface area contributed by atoms with Gasteiger partial charge in [-0.15, -0.1) is 0 Å². The lowest BCUT2D eigenvalue weighted by molar-refractivity contribution is -0.137. The van der Waals surface area contributed by atoms with Gasteiger partial charge in [0.1, 0.15) is 10.6 Å². The number of nitrogens with zero attached hydrogens (tertiary/aromatic N) is 1. The minimum absolute atomic E-state index is 0.0787. The summed E-state index contributed by atoms with van der Waals surface area (Å²) in [5.41, 5.74) is -0.957. The van der Waals surface area contributed by atoms with E-state index in [0.29, 0.717) is 32.3 Å². The Morgan fingerprint density at radius 3 is 2.38 bits per heavy atom. The molecular formula is C16H21F3N2O4S. The average molecular weight is 394 g/mol. The van der Waals surface area contributed by atoms with Gasteiger partial charge in [0.25, 0.3) is 0 Å². The predicted octanol–water partition coefficient (Wildman–Crippen LogP) is 2.66. The molecule has 0 spiro atoms. The lowest BCUT2D eigenvalue weighted by atomic mass is 10.0. The molecule has 1 fully saturated rings. The van der Waals surface area contributed by atoms with Crippen LogP contribution in [0.25, 0.3) is 0 Å². The highest BCUT2D eigenvalue weighted by Crippen LogP contribution is 2.29. The number of amides is 1. The van der Waals surface area contributed by atoms with Crippen molar-refractivity contribution in [1.29, 1.82) is 0 Å². The van der Waals surface area contributed by atoms with E-state index >= 15 is 0 Å². The topological polar surface area (TPSA) is 85.4 Å². The SMILES string of the molecule is CC(C)(C(=O)Nc1ccc(C(F)(F)F)cn1)S(=O)(=O)CC1CCOCC1. The van der Waals surface area contributed by atoms with Crippen molar-refractivity contribution in [3.05, 3.63) is 23.9 Å². The number of hydrogen-bond donors (Lipinski definition) is 1. The maximum Gasteiger partial charge on any atom is 0.417 e. The molecule has 6 nitrogen and oxygen atoms in total. The normalized spacial score (nSPS) is 17.1. The van der Waals surface area contributed by atoms with E-state index in [1.807, 2.05) is 0 Å². The van der Waals surface area contributed by atoms with E-state index in [9.17, 15) is 26.4 Å². The predicted molar refractivity (Wildman–Crippen MR) is 89.3 cm³/mol. The van der Waals surface area contributed by atoms with Gasteiger partial charge in [0.15, 0.2) is 9.84 Å². The van der Waals surface area contributed by atoms with Crippen LogP contribution in [0.5, 0.6) is 0 Å². The van der Waals surface area contributed by atoms with Crippen molar-refractivity contribution in [2.45, 2.75) is 37.6 Å². The minimum Gasteiger partial charge on any atom is -0.381 e. The number of halogens is 3. The number of pyridine rings is 1. The van der Waals surface area contributed by atoms with Crippen molar-refractivity contribution in [3.63, 3.8) is 0 Å². The van der Waals surface area contributed by atoms with E-state index in [1.54, 1.807) is 0 Å². The third-order valence-electron chi connectivity index (χ3n) is 4.45. The summed E-state index contributed by atoms with van der Waals surface area (Å²) < 4.78 is 66.4. The molecule has 0 radical (unpaired) electrons. The number of rotatable bonds is 5. The zero-order chi connectivity index (χ0) is 19.6. The third-order valence-corrected chi connectivity index (χ3v) is 7.10. The molecule has 1 aliphatic rings. The number of alkyl halides is 3. The first-order valence-corrected chi connectivity index (χ1v) is 9.73. The number of sulfone groups is 1. The van der Waals surface area contributed by atoms with Crippen LogP contribution in [-0.2, 0) is 25.5 Å². The van der Waals surface area contributed by atoms with Gasteiger partial charge in [-0.2, -0.15) is 13.2 Å². The Bertz CT molecular complexity index is 740. The second kappa shape index (κ2) is 7.51. The minimum atomic E-state index is -4.54. The summed E-state index contributed by atoms with van der Waals surface area (Å²) in [6.07, 6.45) is -2.74. The van der Waals surface area contributed by atoms with E-state index in [-0.39, 0.29) is 17.5 Å². The first kappa shape index (κ1) is 20.6. The standard InChI is InChI=1S/C16H21F3N2O4S/c1-15(2,26(23,24)10-11-5-7-25-8-6-11)14(22)21-13-4-3-12(9-20-13)16(17,18)19/h3-4,9,11H,5-8,10H2,1-2H3,(H,20,21,22). The number of ether oxygens (including phenoxy) is 1. The van der Waals surface area contributed by atoms with Gasteiger partial charge in [0.2, 0.25) is 5.91 Å². The van der Waals surface area contributed by atoms with Crippen molar-refractivity contribution in [3.8, 4) is 0 Å². The lowest BCUT2D eigenvalue weighted by Gasteiger charge is -2.28. The second-order valence-electron chi connectivity index (χ2n) is 6.73. The Morgan fingerprint density at radius 1 is 1.27 bits per heavy atom. The molecule has 2 heterocycles. The van der Waals surface area contributed by atoms with Crippen molar-refractivity contribution >= 4 is 21.6 Å². The van der Waals surface area contributed by atoms with Gasteiger partial charge in [0, 0.05) is 19.4 Å². The summed E-state index contributed by atoms with van der Waals surface area (Å²) in [5.74, 6) is -1.20. The molecule has 26 heavy (non-hydrogen) atoms. The van der Waals surface area contributed by atoms with Gasteiger partial charge in [-0.3, -0.25) is 4.79 Å². The number of carbonyl (C=O) groups excluding carboxylic acids is 1. The number of aromatic nitrogens is 1. The van der Waals surface area contributed by atoms with Crippen LogP contribution in [0.4, 0.5) is 19.0 Å². The van der Waals surface area contributed by atoms with Crippen LogP contribution in [0.2, 0.25) is 0 Å². The van der Waals surface area contributed by atoms with E-state index in [4.69, 9.17) is 4.74 Å². The van der Waals surface area contributed by atoms with Gasteiger partial charge in [0.05, 0.1) is 11.3 Å². The molecule has 0 aromatic carbocycles. The van der Waals surface area contributed by atoms with Crippen LogP contribution in [0.1, 0.15) is 32.3 Å². The molecule has 0 bridgehead atoms. The van der Waals surface area contributed by atoms with E-state index < -0.39 is 32.2 Å². The highest BCUT2D eigenvalue weighted by molar-refractivity contribution is 7.93. The summed E-state index contributed by atoms with van der Waals surface area (Å²) >= 11 is 0. The molecule has 146 valence electrons. The third kappa shape index (κ3) is 4.73. The highest BCUT2D eigenvalue weighted by Gasteiger charge is 2.43. The summed E-state index contributed by atoms with van der Waals surface area (Å²) in [6.45, 7) is 3.53. The molecule has 10 heteroatoms. The maximum atomic E-state index is 12.7. The molecular weight excluding hydrogens is 373 g/mol. The van der Waals surface area contributed by atoms with Crippen LogP contribution in [0.3, 0.4) is 0 Å². The van der Waals surface area contributed by atoms with Crippen LogP contribution < -0.4 is 5.32 Å². The zero-order valence-corrected chi connectivity index (χ0v) is 15.3. The smallest absolute Gasteiger partial charge is 0.381 e. The number of nitrogens with one attached hydrogen (secondary N) is 1. The fourth-order valence-corrected chi connectivity index (χ4v) is 4.18. The molecule has 0 atom stereocenters.